The second-order valence-corrected chi connectivity index (χ2v) is 15.2. The summed E-state index contributed by atoms with van der Waals surface area (Å²) in [5.41, 5.74) is -0.634. The number of ketones is 1. The Balaban J connectivity index is 1.33. The lowest BCUT2D eigenvalue weighted by Gasteiger charge is -2.29. The molecule has 1 unspecified atom stereocenters. The van der Waals surface area contributed by atoms with Crippen LogP contribution < -0.4 is 20.1 Å². The minimum atomic E-state index is -1.24. The Morgan fingerprint density at radius 2 is 1.81 bits per heavy atom. The summed E-state index contributed by atoms with van der Waals surface area (Å²) >= 11 is 6.77. The molecule has 1 aromatic carbocycles. The Kier molecular flexibility index (Phi) is 12.1. The van der Waals surface area contributed by atoms with E-state index < -0.39 is 47.6 Å². The minimum Gasteiger partial charge on any atom is -0.495 e. The van der Waals surface area contributed by atoms with E-state index in [4.69, 9.17) is 18.9 Å². The molecule has 15 heteroatoms. The van der Waals surface area contributed by atoms with Crippen LogP contribution in [-0.4, -0.2) is 95.5 Å². The van der Waals surface area contributed by atoms with Crippen LogP contribution in [-0.2, 0) is 23.9 Å². The third kappa shape index (κ3) is 8.09. The maximum Gasteiger partial charge on any atom is 0.408 e. The summed E-state index contributed by atoms with van der Waals surface area (Å²) in [7, 11) is 2.81. The molecule has 2 N–H and O–H groups in total. The van der Waals surface area contributed by atoms with Crippen molar-refractivity contribution in [3.8, 4) is 11.5 Å². The Morgan fingerprint density at radius 1 is 1.04 bits per heavy atom. The molecular weight excluding hydrogens is 804 g/mol. The fourth-order valence-corrected chi connectivity index (χ4v) is 8.39. The number of nitrogens with zero attached hydrogens (tertiary/aromatic N) is 2. The van der Waals surface area contributed by atoms with Crippen LogP contribution in [0.25, 0.3) is 10.9 Å². The molecule has 5 atom stereocenters. The zero-order valence-electron chi connectivity index (χ0n) is 29.3. The number of esters is 1. The van der Waals surface area contributed by atoms with Gasteiger partial charge >= 0.3 is 12.1 Å². The first-order valence-corrected chi connectivity index (χ1v) is 19.8. The smallest absolute Gasteiger partial charge is 0.408 e. The summed E-state index contributed by atoms with van der Waals surface area (Å²) in [4.78, 5) is 73.7. The van der Waals surface area contributed by atoms with Gasteiger partial charge in [0.05, 0.1) is 36.1 Å². The summed E-state index contributed by atoms with van der Waals surface area (Å²) in [5.74, 6) is -1.17. The van der Waals surface area contributed by atoms with Gasteiger partial charge in [-0.1, -0.05) is 40.9 Å². The first-order chi connectivity index (χ1) is 25.1. The highest BCUT2D eigenvalue weighted by molar-refractivity contribution is 9.10. The molecule has 3 fully saturated rings. The molecule has 2 aliphatic heterocycles. The number of methoxy groups -OCH3 is 2. The average molecular weight is 849 g/mol. The van der Waals surface area contributed by atoms with Crippen LogP contribution in [0.5, 0.6) is 11.5 Å². The third-order valence-electron chi connectivity index (χ3n) is 10.4. The number of alkyl carbamates (subject to hydrolysis) is 1. The number of allylic oxidation sites excluding steroid dienone is 1. The number of carbonyl (C=O) groups is 5. The van der Waals surface area contributed by atoms with E-state index in [0.717, 1.165) is 44.9 Å². The first kappa shape index (κ1) is 38.0. The Hall–Kier alpha value is -3.72. The molecule has 2 aromatic rings. The van der Waals surface area contributed by atoms with Crippen molar-refractivity contribution in [1.29, 1.82) is 0 Å². The lowest BCUT2D eigenvalue weighted by Crippen LogP contribution is -2.56. The number of rotatable bonds is 8. The topological polar surface area (TPSA) is 162 Å². The number of nitrogens with one attached hydrogen (secondary N) is 2. The standard InChI is InChI=1S/C37H44Br2N4O9/c1-49-29-15-14-24-30(17-26(28(44)19-38)40-32(24)31(29)39)51-23-16-27-33(45)42-37(35(47)50-2)18-21(37)10-6-4-3-5-7-13-25(34(46)43(27)20-23)41-36(48)52-22-11-8-9-12-22/h6,10,14-15,17,21-23,25,27H,3-5,7-9,11-13,16,18-20H2,1-2H3,(H,41,48)(H,42,45)/b10-6-/t21?,23-,25+,27+,37-/m1/s1. The molecule has 1 saturated heterocycles. The van der Waals surface area contributed by atoms with E-state index in [9.17, 15) is 24.0 Å². The van der Waals surface area contributed by atoms with E-state index in [-0.39, 0.29) is 41.8 Å². The van der Waals surface area contributed by atoms with Gasteiger partial charge in [0.15, 0.2) is 5.78 Å². The number of halogens is 2. The van der Waals surface area contributed by atoms with Gasteiger partial charge in [-0.05, 0) is 79.4 Å². The Morgan fingerprint density at radius 3 is 2.54 bits per heavy atom. The lowest BCUT2D eigenvalue weighted by atomic mass is 10.0. The van der Waals surface area contributed by atoms with E-state index >= 15 is 0 Å². The van der Waals surface area contributed by atoms with E-state index in [1.165, 1.54) is 19.1 Å². The summed E-state index contributed by atoms with van der Waals surface area (Å²) in [6, 6.07) is 3.09. The summed E-state index contributed by atoms with van der Waals surface area (Å²) in [5, 5.41) is 6.39. The van der Waals surface area contributed by atoms with Gasteiger partial charge in [0, 0.05) is 23.8 Å². The second-order valence-electron chi connectivity index (χ2n) is 13.9. The lowest BCUT2D eigenvalue weighted by molar-refractivity contribution is -0.148. The van der Waals surface area contributed by atoms with E-state index in [1.807, 2.05) is 12.2 Å². The Bertz CT molecular complexity index is 1750. The van der Waals surface area contributed by atoms with Crippen molar-refractivity contribution >= 4 is 72.4 Å². The van der Waals surface area contributed by atoms with Crippen LogP contribution >= 0.6 is 31.9 Å². The number of carbonyl (C=O) groups excluding carboxylic acids is 5. The van der Waals surface area contributed by atoms with E-state index in [2.05, 4.69) is 47.5 Å². The summed E-state index contributed by atoms with van der Waals surface area (Å²) in [6.07, 6.45) is 9.91. The van der Waals surface area contributed by atoms with Crippen LogP contribution in [0.1, 0.15) is 81.1 Å². The van der Waals surface area contributed by atoms with Crippen LogP contribution in [0.15, 0.2) is 34.8 Å². The molecule has 3 amide bonds. The SMILES string of the molecule is COC(=O)[C@@]12CC1/C=C\CCCCC[C@H](NC(=O)OC1CCCC1)C(=O)N1C[C@H](Oc3cc(C(=O)CBr)nc4c(Br)c(OC)ccc34)C[C@H]1C(=O)N2. The molecule has 3 heterocycles. The minimum absolute atomic E-state index is 0.00416. The van der Waals surface area contributed by atoms with E-state index in [1.54, 1.807) is 18.2 Å². The number of amides is 3. The number of Topliss-reactive ketones (excluding diaryl/α,β-unsaturated/α-hetero) is 1. The highest BCUT2D eigenvalue weighted by atomic mass is 79.9. The van der Waals surface area contributed by atoms with Crippen molar-refractivity contribution in [1.82, 2.24) is 20.5 Å². The molecule has 0 spiro atoms. The fourth-order valence-electron chi connectivity index (χ4n) is 7.50. The molecule has 280 valence electrons. The maximum absolute atomic E-state index is 14.5. The number of ether oxygens (including phenoxy) is 4. The summed E-state index contributed by atoms with van der Waals surface area (Å²) < 4.78 is 23.4. The average Bonchev–Trinajstić information content (AvgIpc) is 3.42. The highest BCUT2D eigenvalue weighted by Crippen LogP contribution is 2.46. The zero-order chi connectivity index (χ0) is 37.0. The number of hydrogen-bond acceptors (Lipinski definition) is 10. The van der Waals surface area contributed by atoms with Crippen LogP contribution in [0.3, 0.4) is 0 Å². The fraction of sp³-hybridized carbons (Fsp3) is 0.568. The predicted octanol–water partition coefficient (Wildman–Crippen LogP) is 5.54. The quantitative estimate of drug-likeness (QED) is 0.149. The van der Waals surface area contributed by atoms with Crippen LogP contribution in [0, 0.1) is 5.92 Å². The van der Waals surface area contributed by atoms with Crippen molar-refractivity contribution in [2.45, 2.75) is 100 Å². The van der Waals surface area contributed by atoms with Crippen molar-refractivity contribution in [2.75, 3.05) is 26.1 Å². The van der Waals surface area contributed by atoms with Crippen molar-refractivity contribution in [3.63, 3.8) is 0 Å². The third-order valence-corrected chi connectivity index (χ3v) is 11.7. The van der Waals surface area contributed by atoms with E-state index in [0.29, 0.717) is 46.1 Å². The van der Waals surface area contributed by atoms with Gasteiger partial charge in [0.1, 0.15) is 47.0 Å². The van der Waals surface area contributed by atoms with Gasteiger partial charge in [-0.3, -0.25) is 14.4 Å². The van der Waals surface area contributed by atoms with Crippen LogP contribution in [0.4, 0.5) is 4.79 Å². The number of hydrogen-bond donors (Lipinski definition) is 2. The number of benzene rings is 1. The molecule has 0 radical (unpaired) electrons. The molecule has 0 bridgehead atoms. The Labute approximate surface area is 319 Å². The molecule has 13 nitrogen and oxygen atoms in total. The number of fused-ring (bicyclic) bond motifs is 3. The zero-order valence-corrected chi connectivity index (χ0v) is 32.5. The van der Waals surface area contributed by atoms with Gasteiger partial charge < -0.3 is 34.5 Å². The largest absolute Gasteiger partial charge is 0.495 e. The van der Waals surface area contributed by atoms with Gasteiger partial charge in [0.25, 0.3) is 0 Å². The number of pyridine rings is 1. The van der Waals surface area contributed by atoms with Gasteiger partial charge in [-0.15, -0.1) is 0 Å². The van der Waals surface area contributed by atoms with Crippen molar-refractivity contribution < 1.29 is 42.9 Å². The molecule has 6 rings (SSSR count). The van der Waals surface area contributed by atoms with Crippen molar-refractivity contribution in [3.05, 3.63) is 40.5 Å². The number of aromatic nitrogens is 1. The normalized spacial score (nSPS) is 27.3. The molecule has 2 saturated carbocycles. The van der Waals surface area contributed by atoms with Gasteiger partial charge in [0.2, 0.25) is 11.8 Å². The number of alkyl halides is 1. The summed E-state index contributed by atoms with van der Waals surface area (Å²) in [6.45, 7) is 0.00416. The molecule has 2 aliphatic carbocycles. The first-order valence-electron chi connectivity index (χ1n) is 17.9. The highest BCUT2D eigenvalue weighted by Gasteiger charge is 2.62. The maximum atomic E-state index is 14.5. The molecule has 52 heavy (non-hydrogen) atoms. The predicted molar refractivity (Wildman–Crippen MR) is 198 cm³/mol. The monoisotopic (exact) mass is 846 g/mol. The molecule has 4 aliphatic rings. The van der Waals surface area contributed by atoms with Crippen LogP contribution in [0.2, 0.25) is 0 Å². The second kappa shape index (κ2) is 16.5. The molecular formula is C37H44Br2N4O9. The van der Waals surface area contributed by atoms with Crippen molar-refractivity contribution in [2.24, 2.45) is 5.92 Å². The van der Waals surface area contributed by atoms with Gasteiger partial charge in [-0.2, -0.15) is 0 Å². The molecule has 1 aromatic heterocycles. The van der Waals surface area contributed by atoms with Gasteiger partial charge in [-0.25, -0.2) is 14.6 Å².